The molecule has 1 aromatic carbocycles. The molecule has 0 radical (unpaired) electrons. The van der Waals surface area contributed by atoms with Gasteiger partial charge in [0, 0.05) is 26.2 Å². The smallest absolute Gasteiger partial charge is 0.227 e. The Kier molecular flexibility index (Phi) is 4.88. The lowest BCUT2D eigenvalue weighted by atomic mass is 9.93. The second kappa shape index (κ2) is 7.05. The van der Waals surface area contributed by atoms with E-state index in [1.807, 2.05) is 18.2 Å². The Balaban J connectivity index is 1.50. The number of carbonyl (C=O) groups excluding carboxylic acids is 1. The molecule has 2 fully saturated rings. The van der Waals surface area contributed by atoms with Crippen LogP contribution >= 0.6 is 0 Å². The fourth-order valence-corrected chi connectivity index (χ4v) is 3.00. The van der Waals surface area contributed by atoms with Crippen LogP contribution in [0.5, 0.6) is 0 Å². The minimum atomic E-state index is 0.0379. The molecule has 1 saturated carbocycles. The maximum atomic E-state index is 12.5. The first-order valence-corrected chi connectivity index (χ1v) is 7.97. The van der Waals surface area contributed by atoms with Gasteiger partial charge in [-0.1, -0.05) is 30.3 Å². The summed E-state index contributed by atoms with van der Waals surface area (Å²) in [6, 6.07) is 10.2. The monoisotopic (exact) mass is 288 g/mol. The summed E-state index contributed by atoms with van der Waals surface area (Å²) in [5.41, 5.74) is 1.16. The van der Waals surface area contributed by atoms with Crippen LogP contribution in [0, 0.1) is 5.92 Å². The highest BCUT2D eigenvalue weighted by atomic mass is 16.5. The minimum Gasteiger partial charge on any atom is -0.379 e. The van der Waals surface area contributed by atoms with Crippen LogP contribution in [0.2, 0.25) is 0 Å². The third kappa shape index (κ3) is 4.05. The molecule has 0 aromatic heterocycles. The lowest BCUT2D eigenvalue weighted by Crippen LogP contribution is -2.42. The van der Waals surface area contributed by atoms with Crippen LogP contribution in [0.25, 0.3) is 0 Å². The molecule has 1 aliphatic heterocycles. The molecule has 21 heavy (non-hydrogen) atoms. The molecule has 1 amide bonds. The van der Waals surface area contributed by atoms with Gasteiger partial charge < -0.3 is 10.1 Å². The third-order valence-corrected chi connectivity index (χ3v) is 4.37. The largest absolute Gasteiger partial charge is 0.379 e. The van der Waals surface area contributed by atoms with Crippen molar-refractivity contribution in [3.63, 3.8) is 0 Å². The molecule has 1 heterocycles. The number of rotatable bonds is 6. The van der Waals surface area contributed by atoms with Crippen LogP contribution in [0.15, 0.2) is 30.3 Å². The van der Waals surface area contributed by atoms with Gasteiger partial charge >= 0.3 is 0 Å². The van der Waals surface area contributed by atoms with Crippen molar-refractivity contribution in [3.8, 4) is 0 Å². The van der Waals surface area contributed by atoms with Gasteiger partial charge in [0.25, 0.3) is 0 Å². The Morgan fingerprint density at radius 3 is 2.62 bits per heavy atom. The Morgan fingerprint density at radius 2 is 1.95 bits per heavy atom. The molecular weight excluding hydrogens is 264 g/mol. The second-order valence-electron chi connectivity index (χ2n) is 5.97. The van der Waals surface area contributed by atoms with E-state index < -0.39 is 0 Å². The Labute approximate surface area is 126 Å². The van der Waals surface area contributed by atoms with Crippen molar-refractivity contribution in [2.75, 3.05) is 39.4 Å². The van der Waals surface area contributed by atoms with E-state index in [-0.39, 0.29) is 11.8 Å². The molecule has 1 atom stereocenters. The second-order valence-corrected chi connectivity index (χ2v) is 5.97. The Hall–Kier alpha value is -1.39. The predicted molar refractivity (Wildman–Crippen MR) is 82.2 cm³/mol. The maximum absolute atomic E-state index is 12.5. The summed E-state index contributed by atoms with van der Waals surface area (Å²) < 4.78 is 5.33. The summed E-state index contributed by atoms with van der Waals surface area (Å²) in [4.78, 5) is 14.9. The average molecular weight is 288 g/mol. The van der Waals surface area contributed by atoms with E-state index in [9.17, 15) is 4.79 Å². The average Bonchev–Trinajstić information content (AvgIpc) is 3.34. The van der Waals surface area contributed by atoms with Gasteiger partial charge in [-0.05, 0) is 24.3 Å². The first-order valence-electron chi connectivity index (χ1n) is 7.97. The summed E-state index contributed by atoms with van der Waals surface area (Å²) in [5.74, 6) is 0.767. The number of ether oxygens (including phenoxy) is 1. The van der Waals surface area contributed by atoms with Crippen molar-refractivity contribution in [3.05, 3.63) is 35.9 Å². The number of benzene rings is 1. The van der Waals surface area contributed by atoms with Crippen molar-refractivity contribution in [1.29, 1.82) is 0 Å². The fourth-order valence-electron chi connectivity index (χ4n) is 3.00. The Morgan fingerprint density at radius 1 is 1.24 bits per heavy atom. The normalized spacial score (nSPS) is 21.0. The zero-order valence-corrected chi connectivity index (χ0v) is 12.5. The summed E-state index contributed by atoms with van der Waals surface area (Å²) in [7, 11) is 0. The number of morpholine rings is 1. The quantitative estimate of drug-likeness (QED) is 0.865. The SMILES string of the molecule is O=C(NCCN1CCOCC1)C(c1ccccc1)C1CC1. The van der Waals surface area contributed by atoms with Crippen LogP contribution < -0.4 is 5.32 Å². The van der Waals surface area contributed by atoms with Crippen molar-refractivity contribution in [2.24, 2.45) is 5.92 Å². The van der Waals surface area contributed by atoms with Gasteiger partial charge in [0.1, 0.15) is 0 Å². The summed E-state index contributed by atoms with van der Waals surface area (Å²) in [6.07, 6.45) is 2.35. The van der Waals surface area contributed by atoms with Crippen LogP contribution in [0.3, 0.4) is 0 Å². The molecule has 4 heteroatoms. The molecule has 2 aliphatic rings. The maximum Gasteiger partial charge on any atom is 0.227 e. The predicted octanol–water partition coefficient (Wildman–Crippen LogP) is 1.63. The minimum absolute atomic E-state index is 0.0379. The molecule has 3 rings (SSSR count). The van der Waals surface area contributed by atoms with Gasteiger partial charge in [0.15, 0.2) is 0 Å². The van der Waals surface area contributed by atoms with E-state index in [1.165, 1.54) is 12.8 Å². The van der Waals surface area contributed by atoms with Crippen LogP contribution in [-0.4, -0.2) is 50.2 Å². The highest BCUT2D eigenvalue weighted by molar-refractivity contribution is 5.84. The molecule has 1 aliphatic carbocycles. The number of hydrogen-bond donors (Lipinski definition) is 1. The fraction of sp³-hybridized carbons (Fsp3) is 0.588. The number of nitrogens with zero attached hydrogens (tertiary/aromatic N) is 1. The molecular formula is C17H24N2O2. The first-order chi connectivity index (χ1) is 10.3. The van der Waals surface area contributed by atoms with Crippen molar-refractivity contribution < 1.29 is 9.53 Å². The molecule has 4 nitrogen and oxygen atoms in total. The van der Waals surface area contributed by atoms with Crippen LogP contribution in [0.1, 0.15) is 24.3 Å². The van der Waals surface area contributed by atoms with E-state index in [2.05, 4.69) is 22.3 Å². The summed E-state index contributed by atoms with van der Waals surface area (Å²) in [6.45, 7) is 5.21. The highest BCUT2D eigenvalue weighted by Crippen LogP contribution is 2.42. The molecule has 1 N–H and O–H groups in total. The third-order valence-electron chi connectivity index (χ3n) is 4.37. The van der Waals surface area contributed by atoms with E-state index in [0.717, 1.165) is 45.0 Å². The van der Waals surface area contributed by atoms with E-state index in [4.69, 9.17) is 4.74 Å². The number of amides is 1. The zero-order valence-electron chi connectivity index (χ0n) is 12.5. The summed E-state index contributed by atoms with van der Waals surface area (Å²) >= 11 is 0. The Bertz CT molecular complexity index is 453. The standard InChI is InChI=1S/C17H24N2O2/c20-17(18-8-9-19-10-12-21-13-11-19)16(15-6-7-15)14-4-2-1-3-5-14/h1-5,15-16H,6-13H2,(H,18,20). The molecule has 1 unspecified atom stereocenters. The van der Waals surface area contributed by atoms with Gasteiger partial charge in [-0.15, -0.1) is 0 Å². The molecule has 1 aromatic rings. The lowest BCUT2D eigenvalue weighted by molar-refractivity contribution is -0.123. The number of nitrogens with one attached hydrogen (secondary N) is 1. The summed E-state index contributed by atoms with van der Waals surface area (Å²) in [5, 5.41) is 3.13. The molecule has 0 spiro atoms. The number of carbonyl (C=O) groups is 1. The van der Waals surface area contributed by atoms with Gasteiger partial charge in [-0.3, -0.25) is 9.69 Å². The van der Waals surface area contributed by atoms with Crippen molar-refractivity contribution in [1.82, 2.24) is 10.2 Å². The van der Waals surface area contributed by atoms with E-state index in [1.54, 1.807) is 0 Å². The van der Waals surface area contributed by atoms with Gasteiger partial charge in [0.05, 0.1) is 19.1 Å². The first kappa shape index (κ1) is 14.5. The van der Waals surface area contributed by atoms with Crippen LogP contribution in [-0.2, 0) is 9.53 Å². The van der Waals surface area contributed by atoms with E-state index in [0.29, 0.717) is 5.92 Å². The molecule has 114 valence electrons. The zero-order chi connectivity index (χ0) is 14.5. The van der Waals surface area contributed by atoms with Gasteiger partial charge in [-0.25, -0.2) is 0 Å². The number of hydrogen-bond acceptors (Lipinski definition) is 3. The van der Waals surface area contributed by atoms with Crippen molar-refractivity contribution in [2.45, 2.75) is 18.8 Å². The molecule has 1 saturated heterocycles. The topological polar surface area (TPSA) is 41.6 Å². The van der Waals surface area contributed by atoms with Crippen LogP contribution in [0.4, 0.5) is 0 Å². The van der Waals surface area contributed by atoms with E-state index >= 15 is 0 Å². The molecule has 0 bridgehead atoms. The van der Waals surface area contributed by atoms with Gasteiger partial charge in [-0.2, -0.15) is 0 Å². The highest BCUT2D eigenvalue weighted by Gasteiger charge is 2.36. The van der Waals surface area contributed by atoms with Crippen molar-refractivity contribution >= 4 is 5.91 Å². The van der Waals surface area contributed by atoms with Gasteiger partial charge in [0.2, 0.25) is 5.91 Å². The lowest BCUT2D eigenvalue weighted by Gasteiger charge is -2.27.